The van der Waals surface area contributed by atoms with Crippen molar-refractivity contribution in [1.29, 1.82) is 0 Å². The zero-order chi connectivity index (χ0) is 31.6. The molecule has 2 aromatic heterocycles. The summed E-state index contributed by atoms with van der Waals surface area (Å²) in [6, 6.07) is 10.8. The molecule has 1 unspecified atom stereocenters. The number of rotatable bonds is 7. The third-order valence-electron chi connectivity index (χ3n) is 6.85. The van der Waals surface area contributed by atoms with E-state index in [1.54, 1.807) is 18.2 Å². The Balaban J connectivity index is 1.53. The van der Waals surface area contributed by atoms with E-state index >= 15 is 0 Å². The number of aromatic nitrogens is 5. The van der Waals surface area contributed by atoms with Gasteiger partial charge in [0.15, 0.2) is 0 Å². The Hall–Kier alpha value is -5.70. The van der Waals surface area contributed by atoms with E-state index in [-0.39, 0.29) is 23.5 Å². The van der Waals surface area contributed by atoms with Crippen molar-refractivity contribution in [2.75, 3.05) is 17.2 Å². The van der Waals surface area contributed by atoms with Gasteiger partial charge >= 0.3 is 6.09 Å². The van der Waals surface area contributed by atoms with E-state index < -0.39 is 34.3 Å². The number of nitrogens with one attached hydrogen (secondary N) is 2. The van der Waals surface area contributed by atoms with Gasteiger partial charge in [-0.2, -0.15) is 4.68 Å². The van der Waals surface area contributed by atoms with Crippen molar-refractivity contribution in [1.82, 2.24) is 30.1 Å². The fourth-order valence-corrected chi connectivity index (χ4v) is 5.14. The summed E-state index contributed by atoms with van der Waals surface area (Å²) in [5.74, 6) is -1.21. The van der Waals surface area contributed by atoms with Crippen LogP contribution in [0.2, 0.25) is 5.02 Å². The van der Waals surface area contributed by atoms with E-state index in [2.05, 4.69) is 31.1 Å². The van der Waals surface area contributed by atoms with Crippen molar-refractivity contribution < 1.29 is 24.4 Å². The van der Waals surface area contributed by atoms with Gasteiger partial charge in [0.2, 0.25) is 5.91 Å². The number of benzene rings is 2. The first-order valence-electron chi connectivity index (χ1n) is 13.0. The Morgan fingerprint density at radius 2 is 1.82 bits per heavy atom. The van der Waals surface area contributed by atoms with Gasteiger partial charge in [-0.3, -0.25) is 30.0 Å². The van der Waals surface area contributed by atoms with Crippen molar-refractivity contribution in [3.8, 4) is 5.69 Å². The number of carbonyl (C=O) groups is 3. The lowest BCUT2D eigenvalue weighted by atomic mass is 9.78. The van der Waals surface area contributed by atoms with Crippen LogP contribution in [0.1, 0.15) is 36.7 Å². The quantitative estimate of drug-likeness (QED) is 0.153. The van der Waals surface area contributed by atoms with Gasteiger partial charge < -0.3 is 15.3 Å². The minimum Gasteiger partial charge on any atom is -0.465 e. The molecule has 15 nitrogen and oxygen atoms in total. The predicted molar refractivity (Wildman–Crippen MR) is 158 cm³/mol. The number of nitro groups is 1. The molecular formula is C28H24ClN9O6. The molecule has 0 bridgehead atoms. The number of amides is 3. The lowest BCUT2D eigenvalue weighted by Crippen LogP contribution is -2.51. The molecule has 3 N–H and O–H groups in total. The molecule has 1 atom stereocenters. The van der Waals surface area contributed by atoms with Crippen molar-refractivity contribution in [3.05, 3.63) is 99.1 Å². The Morgan fingerprint density at radius 3 is 2.45 bits per heavy atom. The third-order valence-corrected chi connectivity index (χ3v) is 7.09. The molecule has 5 rings (SSSR count). The molecule has 1 aliphatic rings. The van der Waals surface area contributed by atoms with E-state index in [0.29, 0.717) is 27.7 Å². The number of halogens is 1. The summed E-state index contributed by atoms with van der Waals surface area (Å²) in [6.45, 7) is 3.70. The second-order valence-corrected chi connectivity index (χ2v) is 10.9. The summed E-state index contributed by atoms with van der Waals surface area (Å²) in [5, 5.41) is 37.1. The average molecular weight is 618 g/mol. The summed E-state index contributed by atoms with van der Waals surface area (Å²) < 4.78 is 1.40. The average Bonchev–Trinajstić information content (AvgIpc) is 3.51. The smallest absolute Gasteiger partial charge is 0.409 e. The van der Waals surface area contributed by atoms with Gasteiger partial charge in [0, 0.05) is 51.6 Å². The van der Waals surface area contributed by atoms with Gasteiger partial charge in [-0.05, 0) is 59.0 Å². The van der Waals surface area contributed by atoms with E-state index in [4.69, 9.17) is 16.7 Å². The molecule has 0 saturated heterocycles. The molecule has 44 heavy (non-hydrogen) atoms. The van der Waals surface area contributed by atoms with Gasteiger partial charge in [0.25, 0.3) is 11.6 Å². The highest BCUT2D eigenvalue weighted by atomic mass is 35.5. The number of fused-ring (bicyclic) bond motifs is 1. The lowest BCUT2D eigenvalue weighted by molar-refractivity contribution is -0.385. The number of pyridine rings is 1. The highest BCUT2D eigenvalue weighted by molar-refractivity contribution is 6.30. The Bertz CT molecular complexity index is 1790. The number of carbonyl (C=O) groups excluding carboxylic acids is 2. The molecule has 3 amide bonds. The van der Waals surface area contributed by atoms with Crippen molar-refractivity contribution >= 4 is 52.6 Å². The largest absolute Gasteiger partial charge is 0.465 e. The van der Waals surface area contributed by atoms with Crippen LogP contribution in [0.25, 0.3) is 11.8 Å². The number of carboxylic acid groups (broad SMARTS) is 1. The Labute approximate surface area is 254 Å². The van der Waals surface area contributed by atoms with Crippen LogP contribution in [0.15, 0.2) is 67.1 Å². The van der Waals surface area contributed by atoms with Crippen molar-refractivity contribution in [3.63, 3.8) is 0 Å². The van der Waals surface area contributed by atoms with E-state index in [9.17, 15) is 24.5 Å². The molecule has 16 heteroatoms. The first kappa shape index (κ1) is 29.8. The monoisotopic (exact) mass is 617 g/mol. The van der Waals surface area contributed by atoms with Gasteiger partial charge in [-0.25, -0.2) is 4.79 Å². The molecule has 0 spiro atoms. The third kappa shape index (κ3) is 6.22. The molecule has 0 saturated carbocycles. The molecule has 0 aliphatic carbocycles. The predicted octanol–water partition coefficient (Wildman–Crippen LogP) is 4.22. The second kappa shape index (κ2) is 11.9. The van der Waals surface area contributed by atoms with Crippen LogP contribution in [-0.2, 0) is 15.0 Å². The highest BCUT2D eigenvalue weighted by Gasteiger charge is 2.44. The number of anilines is 2. The van der Waals surface area contributed by atoms with Gasteiger partial charge in [-0.1, -0.05) is 25.4 Å². The molecule has 224 valence electrons. The molecule has 0 fully saturated rings. The SMILES string of the molecule is CC1(C)CN(C(=O)/C=C/c2cc(Cl)ccc2-n2cnnn2)C(C(=O)Nc2ccc(NC(=O)O)cc2)c2cc([N+](=O)[O-])cnc21. The maximum absolute atomic E-state index is 13.8. The van der Waals surface area contributed by atoms with Crippen molar-refractivity contribution in [2.24, 2.45) is 0 Å². The number of tetrazole rings is 1. The molecule has 1 aliphatic heterocycles. The highest BCUT2D eigenvalue weighted by Crippen LogP contribution is 2.40. The van der Waals surface area contributed by atoms with Gasteiger partial charge in [0.1, 0.15) is 18.6 Å². The number of hydrogen-bond donors (Lipinski definition) is 3. The Morgan fingerprint density at radius 1 is 1.11 bits per heavy atom. The van der Waals surface area contributed by atoms with Gasteiger partial charge in [-0.15, -0.1) is 5.10 Å². The zero-order valence-electron chi connectivity index (χ0n) is 23.2. The van der Waals surface area contributed by atoms with Crippen LogP contribution in [0.4, 0.5) is 21.9 Å². The molecule has 0 radical (unpaired) electrons. The summed E-state index contributed by atoms with van der Waals surface area (Å²) in [5.41, 5.74) is 1.18. The van der Waals surface area contributed by atoms with E-state index in [0.717, 1.165) is 6.20 Å². The lowest BCUT2D eigenvalue weighted by Gasteiger charge is -2.43. The first-order valence-corrected chi connectivity index (χ1v) is 13.4. The summed E-state index contributed by atoms with van der Waals surface area (Å²) in [6.07, 6.45) is 4.06. The van der Waals surface area contributed by atoms with Crippen LogP contribution in [-0.4, -0.2) is 64.6 Å². The fourth-order valence-electron chi connectivity index (χ4n) is 4.96. The minimum atomic E-state index is -1.29. The number of hydrogen-bond acceptors (Lipinski definition) is 9. The molecule has 3 heterocycles. The summed E-state index contributed by atoms with van der Waals surface area (Å²) in [4.78, 5) is 55.3. The maximum atomic E-state index is 13.8. The van der Waals surface area contributed by atoms with Crippen LogP contribution >= 0.6 is 11.6 Å². The fraction of sp³-hybridized carbons (Fsp3) is 0.179. The topological polar surface area (TPSA) is 198 Å². The second-order valence-electron chi connectivity index (χ2n) is 10.4. The van der Waals surface area contributed by atoms with E-state index in [1.807, 2.05) is 13.8 Å². The van der Waals surface area contributed by atoms with Gasteiger partial charge in [0.05, 0.1) is 16.3 Å². The molecule has 2 aromatic carbocycles. The van der Waals surface area contributed by atoms with E-state index in [1.165, 1.54) is 58.4 Å². The van der Waals surface area contributed by atoms with Crippen LogP contribution in [0, 0.1) is 10.1 Å². The Kier molecular flexibility index (Phi) is 8.05. The minimum absolute atomic E-state index is 0.0585. The normalized spacial score (nSPS) is 15.4. The standard InChI is InChI=1S/C28H24ClN9O6/c1-28(2)14-36(23(39)10-3-16-11-17(29)4-9-22(16)37-15-31-34-35-37)24(21-12-20(38(43)44)13-30-25(21)28)26(40)32-18-5-7-19(8-6-18)33-27(41)42/h3-13,15,24,33H,14H2,1-2H3,(H,32,40)(H,41,42)/b10-3+. The molecular weight excluding hydrogens is 594 g/mol. The van der Waals surface area contributed by atoms with Crippen LogP contribution < -0.4 is 10.6 Å². The first-order chi connectivity index (χ1) is 20.9. The summed E-state index contributed by atoms with van der Waals surface area (Å²) >= 11 is 6.21. The number of nitrogens with zero attached hydrogens (tertiary/aromatic N) is 7. The zero-order valence-corrected chi connectivity index (χ0v) is 24.0. The summed E-state index contributed by atoms with van der Waals surface area (Å²) in [7, 11) is 0. The van der Waals surface area contributed by atoms with Crippen molar-refractivity contribution in [2.45, 2.75) is 25.3 Å². The maximum Gasteiger partial charge on any atom is 0.409 e. The molecule has 4 aromatic rings. The van der Waals surface area contributed by atoms with Crippen LogP contribution in [0.5, 0.6) is 0 Å². The van der Waals surface area contributed by atoms with Crippen LogP contribution in [0.3, 0.4) is 0 Å².